The van der Waals surface area contributed by atoms with Gasteiger partial charge in [0.25, 0.3) is 0 Å². The van der Waals surface area contributed by atoms with Crippen LogP contribution in [0.2, 0.25) is 0 Å². The van der Waals surface area contributed by atoms with Crippen LogP contribution in [0, 0.1) is 0 Å². The van der Waals surface area contributed by atoms with E-state index in [1.807, 2.05) is 30.3 Å². The Hall–Kier alpha value is -1.65. The van der Waals surface area contributed by atoms with E-state index in [0.717, 1.165) is 16.7 Å². The zero-order valence-electron chi connectivity index (χ0n) is 11.4. The molecule has 0 fully saturated rings. The predicted molar refractivity (Wildman–Crippen MR) is 79.8 cm³/mol. The smallest absolute Gasteiger partial charge is 0.161 e. The van der Waals surface area contributed by atoms with Gasteiger partial charge in [0.05, 0.1) is 17.6 Å². The zero-order chi connectivity index (χ0) is 14.6. The summed E-state index contributed by atoms with van der Waals surface area (Å²) in [6.45, 7) is 1.68. The molecule has 3 nitrogen and oxygen atoms in total. The van der Waals surface area contributed by atoms with Crippen LogP contribution < -0.4 is 0 Å². The first kappa shape index (κ1) is 14.8. The molecule has 20 heavy (non-hydrogen) atoms. The highest BCUT2D eigenvalue weighted by Gasteiger charge is 2.22. The third-order valence-corrected chi connectivity index (χ3v) is 5.47. The SMILES string of the molecule is CC(c1ccccc1)S(=O)(=O)Cc1ccc(CO)cc1. The van der Waals surface area contributed by atoms with Crippen molar-refractivity contribution in [3.8, 4) is 0 Å². The molecule has 0 spiro atoms. The standard InChI is InChI=1S/C16H18O3S/c1-13(16-5-3-2-4-6-16)20(18,19)12-15-9-7-14(11-17)8-10-15/h2-10,13,17H,11-12H2,1H3. The quantitative estimate of drug-likeness (QED) is 0.921. The maximum atomic E-state index is 12.4. The van der Waals surface area contributed by atoms with Crippen molar-refractivity contribution in [1.29, 1.82) is 0 Å². The van der Waals surface area contributed by atoms with Crippen molar-refractivity contribution in [2.45, 2.75) is 24.5 Å². The molecule has 0 bridgehead atoms. The summed E-state index contributed by atoms with van der Waals surface area (Å²) in [6.07, 6.45) is 0. The molecule has 2 aromatic rings. The van der Waals surface area contributed by atoms with E-state index in [1.165, 1.54) is 0 Å². The summed E-state index contributed by atoms with van der Waals surface area (Å²) >= 11 is 0. The molecule has 0 heterocycles. The van der Waals surface area contributed by atoms with Gasteiger partial charge < -0.3 is 5.11 Å². The van der Waals surface area contributed by atoms with Crippen LogP contribution in [0.3, 0.4) is 0 Å². The molecule has 0 saturated carbocycles. The minimum atomic E-state index is -3.25. The van der Waals surface area contributed by atoms with E-state index in [2.05, 4.69) is 0 Å². The summed E-state index contributed by atoms with van der Waals surface area (Å²) in [5, 5.41) is 8.45. The summed E-state index contributed by atoms with van der Waals surface area (Å²) < 4.78 is 24.8. The Kier molecular flexibility index (Phi) is 4.57. The number of rotatable bonds is 5. The van der Waals surface area contributed by atoms with Crippen molar-refractivity contribution in [3.05, 3.63) is 71.3 Å². The van der Waals surface area contributed by atoms with Gasteiger partial charge in [0, 0.05) is 0 Å². The lowest BCUT2D eigenvalue weighted by molar-refractivity contribution is 0.282. The molecule has 1 unspecified atom stereocenters. The highest BCUT2D eigenvalue weighted by atomic mass is 32.2. The fourth-order valence-corrected chi connectivity index (χ4v) is 3.51. The highest BCUT2D eigenvalue weighted by Crippen LogP contribution is 2.25. The van der Waals surface area contributed by atoms with Crippen LogP contribution in [0.4, 0.5) is 0 Å². The molecule has 1 atom stereocenters. The third-order valence-electron chi connectivity index (χ3n) is 3.38. The van der Waals surface area contributed by atoms with Crippen LogP contribution in [0.1, 0.15) is 28.9 Å². The fraction of sp³-hybridized carbons (Fsp3) is 0.250. The van der Waals surface area contributed by atoms with Crippen LogP contribution in [0.15, 0.2) is 54.6 Å². The number of hydrogen-bond donors (Lipinski definition) is 1. The van der Waals surface area contributed by atoms with Gasteiger partial charge >= 0.3 is 0 Å². The van der Waals surface area contributed by atoms with Crippen molar-refractivity contribution in [2.24, 2.45) is 0 Å². The van der Waals surface area contributed by atoms with Gasteiger partial charge in [-0.2, -0.15) is 0 Å². The van der Waals surface area contributed by atoms with Crippen molar-refractivity contribution in [1.82, 2.24) is 0 Å². The average molecular weight is 290 g/mol. The predicted octanol–water partition coefficient (Wildman–Crippen LogP) is 2.85. The van der Waals surface area contributed by atoms with E-state index in [0.29, 0.717) is 0 Å². The van der Waals surface area contributed by atoms with E-state index < -0.39 is 15.1 Å². The molecular formula is C16H18O3S. The van der Waals surface area contributed by atoms with Crippen LogP contribution in [-0.2, 0) is 22.2 Å². The number of hydrogen-bond acceptors (Lipinski definition) is 3. The molecule has 0 aliphatic heterocycles. The normalized spacial score (nSPS) is 13.1. The van der Waals surface area contributed by atoms with Crippen molar-refractivity contribution >= 4 is 9.84 Å². The van der Waals surface area contributed by atoms with Crippen molar-refractivity contribution < 1.29 is 13.5 Å². The molecule has 4 heteroatoms. The van der Waals surface area contributed by atoms with Gasteiger partial charge in [0.1, 0.15) is 0 Å². The Balaban J connectivity index is 2.18. The second kappa shape index (κ2) is 6.20. The van der Waals surface area contributed by atoms with E-state index in [4.69, 9.17) is 5.11 Å². The lowest BCUT2D eigenvalue weighted by Crippen LogP contribution is -2.12. The first-order valence-electron chi connectivity index (χ1n) is 6.48. The number of aliphatic hydroxyl groups is 1. The minimum absolute atomic E-state index is 0.00870. The van der Waals surface area contributed by atoms with Gasteiger partial charge in [-0.3, -0.25) is 0 Å². The molecule has 2 rings (SSSR count). The molecule has 0 aliphatic carbocycles. The monoisotopic (exact) mass is 290 g/mol. The van der Waals surface area contributed by atoms with Crippen LogP contribution >= 0.6 is 0 Å². The molecule has 0 radical (unpaired) electrons. The summed E-state index contributed by atoms with van der Waals surface area (Å²) in [6, 6.07) is 16.2. The first-order chi connectivity index (χ1) is 9.53. The summed E-state index contributed by atoms with van der Waals surface area (Å²) in [5.41, 5.74) is 2.33. The van der Waals surface area contributed by atoms with Gasteiger partial charge in [-0.05, 0) is 23.6 Å². The molecule has 2 aromatic carbocycles. The second-order valence-corrected chi connectivity index (χ2v) is 7.16. The minimum Gasteiger partial charge on any atom is -0.392 e. The Morgan fingerprint density at radius 1 is 0.950 bits per heavy atom. The molecule has 0 saturated heterocycles. The van der Waals surface area contributed by atoms with Gasteiger partial charge in [0.15, 0.2) is 9.84 Å². The van der Waals surface area contributed by atoms with Gasteiger partial charge in [-0.25, -0.2) is 8.42 Å². The number of aliphatic hydroxyl groups excluding tert-OH is 1. The van der Waals surface area contributed by atoms with E-state index in [9.17, 15) is 8.42 Å². The van der Waals surface area contributed by atoms with Gasteiger partial charge in [-0.15, -0.1) is 0 Å². The average Bonchev–Trinajstić information content (AvgIpc) is 2.48. The maximum absolute atomic E-state index is 12.4. The number of sulfone groups is 1. The van der Waals surface area contributed by atoms with E-state index in [1.54, 1.807) is 31.2 Å². The van der Waals surface area contributed by atoms with E-state index >= 15 is 0 Å². The lowest BCUT2D eigenvalue weighted by atomic mass is 10.2. The Labute approximate surface area is 119 Å². The topological polar surface area (TPSA) is 54.4 Å². The summed E-state index contributed by atoms with van der Waals surface area (Å²) in [4.78, 5) is 0. The summed E-state index contributed by atoms with van der Waals surface area (Å²) in [7, 11) is -3.25. The Morgan fingerprint density at radius 3 is 2.05 bits per heavy atom. The van der Waals surface area contributed by atoms with E-state index in [-0.39, 0.29) is 12.4 Å². The third kappa shape index (κ3) is 3.46. The Morgan fingerprint density at radius 2 is 1.50 bits per heavy atom. The Bertz CT molecular complexity index is 646. The van der Waals surface area contributed by atoms with Crippen LogP contribution in [0.5, 0.6) is 0 Å². The molecule has 0 aromatic heterocycles. The second-order valence-electron chi connectivity index (χ2n) is 4.83. The highest BCUT2D eigenvalue weighted by molar-refractivity contribution is 7.90. The maximum Gasteiger partial charge on any atom is 0.161 e. The molecule has 0 amide bonds. The molecule has 106 valence electrons. The number of benzene rings is 2. The lowest BCUT2D eigenvalue weighted by Gasteiger charge is -2.13. The van der Waals surface area contributed by atoms with Crippen LogP contribution in [0.25, 0.3) is 0 Å². The zero-order valence-corrected chi connectivity index (χ0v) is 12.2. The van der Waals surface area contributed by atoms with Crippen molar-refractivity contribution in [3.63, 3.8) is 0 Å². The van der Waals surface area contributed by atoms with Gasteiger partial charge in [0.2, 0.25) is 0 Å². The fourth-order valence-electron chi connectivity index (χ4n) is 2.03. The first-order valence-corrected chi connectivity index (χ1v) is 8.19. The summed E-state index contributed by atoms with van der Waals surface area (Å²) in [5.74, 6) is 0.00870. The molecular weight excluding hydrogens is 272 g/mol. The van der Waals surface area contributed by atoms with Crippen LogP contribution in [-0.4, -0.2) is 13.5 Å². The van der Waals surface area contributed by atoms with Crippen molar-refractivity contribution in [2.75, 3.05) is 0 Å². The molecule has 0 aliphatic rings. The largest absolute Gasteiger partial charge is 0.392 e. The van der Waals surface area contributed by atoms with Gasteiger partial charge in [-0.1, -0.05) is 54.6 Å². The molecule has 1 N–H and O–H groups in total.